The minimum atomic E-state index is -0.677. The molecule has 0 spiro atoms. The number of nitrogens with two attached hydrogens (primary N) is 1. The molecule has 2 aromatic carbocycles. The van der Waals surface area contributed by atoms with E-state index in [-0.39, 0.29) is 25.5 Å². The summed E-state index contributed by atoms with van der Waals surface area (Å²) in [6.07, 6.45) is 0.724. The van der Waals surface area contributed by atoms with E-state index in [0.29, 0.717) is 39.0 Å². The number of pyridine rings is 1. The van der Waals surface area contributed by atoms with Gasteiger partial charge in [0, 0.05) is 28.6 Å². The van der Waals surface area contributed by atoms with Crippen molar-refractivity contribution in [1.82, 2.24) is 10.3 Å². The molecule has 0 bridgehead atoms. The van der Waals surface area contributed by atoms with Crippen molar-refractivity contribution in [2.45, 2.75) is 13.2 Å². The van der Waals surface area contributed by atoms with Gasteiger partial charge in [-0.3, -0.25) is 0 Å². The van der Waals surface area contributed by atoms with Gasteiger partial charge in [-0.25, -0.2) is 9.78 Å². The third kappa shape index (κ3) is 5.88. The van der Waals surface area contributed by atoms with Gasteiger partial charge in [0.25, 0.3) is 0 Å². The molecule has 0 radical (unpaired) electrons. The summed E-state index contributed by atoms with van der Waals surface area (Å²) in [4.78, 5) is 16.0. The average molecular weight is 500 g/mol. The first-order chi connectivity index (χ1) is 16.5. The summed E-state index contributed by atoms with van der Waals surface area (Å²) in [7, 11) is 0. The Balaban J connectivity index is 1.43. The highest BCUT2D eigenvalue weighted by atomic mass is 35.5. The normalized spacial score (nSPS) is 10.8. The van der Waals surface area contributed by atoms with Crippen molar-refractivity contribution in [2.75, 3.05) is 18.9 Å². The zero-order chi connectivity index (χ0) is 23.9. The van der Waals surface area contributed by atoms with E-state index < -0.39 is 6.09 Å². The number of aliphatic hydroxyl groups is 1. The van der Waals surface area contributed by atoms with Crippen LogP contribution in [0.4, 0.5) is 10.6 Å². The van der Waals surface area contributed by atoms with Crippen LogP contribution in [-0.2, 0) is 13.2 Å². The molecule has 0 aliphatic rings. The minimum absolute atomic E-state index is 0.0936. The van der Waals surface area contributed by atoms with Crippen LogP contribution in [0.3, 0.4) is 0 Å². The highest BCUT2D eigenvalue weighted by Gasteiger charge is 2.16. The van der Waals surface area contributed by atoms with Crippen LogP contribution in [0.25, 0.3) is 10.1 Å². The van der Waals surface area contributed by atoms with Crippen LogP contribution >= 0.6 is 22.9 Å². The zero-order valence-electron chi connectivity index (χ0n) is 18.0. The highest BCUT2D eigenvalue weighted by Crippen LogP contribution is 2.37. The van der Waals surface area contributed by atoms with Crippen LogP contribution in [0.15, 0.2) is 60.1 Å². The van der Waals surface area contributed by atoms with E-state index >= 15 is 0 Å². The summed E-state index contributed by atoms with van der Waals surface area (Å²) in [5, 5.41) is 14.5. The Kier molecular flexibility index (Phi) is 7.69. The van der Waals surface area contributed by atoms with Crippen LogP contribution in [0.5, 0.6) is 17.2 Å². The molecule has 4 aromatic rings. The maximum atomic E-state index is 11.9. The SMILES string of the molecule is Nc1ncc(OC(=O)NCCO)c2scc(COc3cccc(OCc4ccc(Cl)cc4)c3)c12. The molecule has 8 nitrogen and oxygen atoms in total. The number of halogens is 1. The average Bonchev–Trinajstić information content (AvgIpc) is 3.28. The van der Waals surface area contributed by atoms with Gasteiger partial charge in [-0.15, -0.1) is 11.3 Å². The quantitative estimate of drug-likeness (QED) is 0.303. The highest BCUT2D eigenvalue weighted by molar-refractivity contribution is 7.17. The molecule has 34 heavy (non-hydrogen) atoms. The molecule has 0 fully saturated rings. The van der Waals surface area contributed by atoms with Gasteiger partial charge in [-0.2, -0.15) is 0 Å². The third-order valence-corrected chi connectivity index (χ3v) is 6.07. The van der Waals surface area contributed by atoms with Crippen LogP contribution in [0.1, 0.15) is 11.1 Å². The predicted molar refractivity (Wildman–Crippen MR) is 132 cm³/mol. The second-order valence-electron chi connectivity index (χ2n) is 7.19. The van der Waals surface area contributed by atoms with Gasteiger partial charge in [0.15, 0.2) is 5.75 Å². The molecule has 2 heterocycles. The number of ether oxygens (including phenoxy) is 3. The van der Waals surface area contributed by atoms with Crippen LogP contribution < -0.4 is 25.3 Å². The molecule has 2 aromatic heterocycles. The summed E-state index contributed by atoms with van der Waals surface area (Å²) in [6, 6.07) is 14.8. The Morgan fingerprint density at radius 3 is 2.59 bits per heavy atom. The molecule has 1 amide bonds. The zero-order valence-corrected chi connectivity index (χ0v) is 19.6. The van der Waals surface area contributed by atoms with Gasteiger partial charge in [0.1, 0.15) is 30.5 Å². The maximum absolute atomic E-state index is 11.9. The number of nitrogens with zero attached hydrogens (tertiary/aromatic N) is 1. The van der Waals surface area contributed by atoms with Crippen LogP contribution in [0, 0.1) is 0 Å². The Hall–Kier alpha value is -3.53. The first-order valence-corrected chi connectivity index (χ1v) is 11.6. The lowest BCUT2D eigenvalue weighted by Crippen LogP contribution is -2.29. The molecule has 176 valence electrons. The summed E-state index contributed by atoms with van der Waals surface area (Å²) in [5.41, 5.74) is 7.93. The number of aliphatic hydroxyl groups excluding tert-OH is 1. The van der Waals surface area contributed by atoms with Gasteiger partial charge < -0.3 is 30.4 Å². The van der Waals surface area contributed by atoms with Gasteiger partial charge in [-0.1, -0.05) is 29.8 Å². The number of carbonyl (C=O) groups excluding carboxylic acids is 1. The molecule has 0 atom stereocenters. The topological polar surface area (TPSA) is 116 Å². The Morgan fingerprint density at radius 2 is 1.85 bits per heavy atom. The number of carbonyl (C=O) groups is 1. The first kappa shape index (κ1) is 23.6. The number of nitrogen functional groups attached to an aromatic ring is 1. The largest absolute Gasteiger partial charge is 0.489 e. The van der Waals surface area contributed by atoms with E-state index in [2.05, 4.69) is 10.3 Å². The summed E-state index contributed by atoms with van der Waals surface area (Å²) in [5.74, 6) is 1.91. The fourth-order valence-electron chi connectivity index (χ4n) is 3.14. The lowest BCUT2D eigenvalue weighted by molar-refractivity contribution is 0.196. The van der Waals surface area contributed by atoms with Crippen molar-refractivity contribution >= 4 is 44.9 Å². The first-order valence-electron chi connectivity index (χ1n) is 10.3. The van der Waals surface area contributed by atoms with E-state index in [1.807, 2.05) is 53.9 Å². The Labute approximate surface area is 204 Å². The molecular formula is C24H22ClN3O5S. The van der Waals surface area contributed by atoms with Gasteiger partial charge in [0.2, 0.25) is 0 Å². The fraction of sp³-hybridized carbons (Fsp3) is 0.167. The fourth-order valence-corrected chi connectivity index (χ4v) is 4.28. The summed E-state index contributed by atoms with van der Waals surface area (Å²) >= 11 is 7.30. The molecule has 0 unspecified atom stereocenters. The molecule has 0 aliphatic carbocycles. The smallest absolute Gasteiger partial charge is 0.412 e. The number of nitrogens with one attached hydrogen (secondary N) is 1. The molecular weight excluding hydrogens is 478 g/mol. The third-order valence-electron chi connectivity index (χ3n) is 4.77. The number of hydrogen-bond donors (Lipinski definition) is 3. The van der Waals surface area contributed by atoms with Crippen molar-refractivity contribution in [1.29, 1.82) is 0 Å². The molecule has 10 heteroatoms. The Bertz CT molecular complexity index is 1280. The van der Waals surface area contributed by atoms with E-state index in [1.165, 1.54) is 17.5 Å². The van der Waals surface area contributed by atoms with Crippen molar-refractivity contribution in [3.63, 3.8) is 0 Å². The second kappa shape index (κ2) is 11.1. The molecule has 0 saturated carbocycles. The maximum Gasteiger partial charge on any atom is 0.412 e. The number of aromatic nitrogens is 1. The van der Waals surface area contributed by atoms with Gasteiger partial charge >= 0.3 is 6.09 Å². The monoisotopic (exact) mass is 499 g/mol. The van der Waals surface area contributed by atoms with Crippen molar-refractivity contribution < 1.29 is 24.1 Å². The van der Waals surface area contributed by atoms with E-state index in [0.717, 1.165) is 11.1 Å². The molecule has 0 aliphatic heterocycles. The summed E-state index contributed by atoms with van der Waals surface area (Å²) in [6.45, 7) is 0.564. The predicted octanol–water partition coefficient (Wildman–Crippen LogP) is 4.77. The second-order valence-corrected chi connectivity index (χ2v) is 8.51. The van der Waals surface area contributed by atoms with Crippen LogP contribution in [0.2, 0.25) is 5.02 Å². The number of hydrogen-bond acceptors (Lipinski definition) is 8. The standard InChI is InChI=1S/C24H22ClN3O5S/c25-17-6-4-15(5-7-17)12-31-18-2-1-3-19(10-18)32-13-16-14-34-22-20(11-28-23(26)21(16)22)33-24(30)27-8-9-29/h1-7,10-11,14,29H,8-9,12-13H2,(H2,26,28)(H,27,30). The lowest BCUT2D eigenvalue weighted by Gasteiger charge is -2.10. The van der Waals surface area contributed by atoms with E-state index in [9.17, 15) is 4.79 Å². The van der Waals surface area contributed by atoms with Gasteiger partial charge in [-0.05, 0) is 35.2 Å². The molecule has 0 saturated heterocycles. The number of benzene rings is 2. The summed E-state index contributed by atoms with van der Waals surface area (Å²) < 4.78 is 17.8. The van der Waals surface area contributed by atoms with Crippen molar-refractivity contribution in [3.8, 4) is 17.2 Å². The van der Waals surface area contributed by atoms with Crippen LogP contribution in [-0.4, -0.2) is 29.3 Å². The van der Waals surface area contributed by atoms with E-state index in [1.54, 1.807) is 0 Å². The van der Waals surface area contributed by atoms with E-state index in [4.69, 9.17) is 36.7 Å². The van der Waals surface area contributed by atoms with Crippen molar-refractivity contribution in [3.05, 3.63) is 76.3 Å². The number of anilines is 1. The number of amides is 1. The van der Waals surface area contributed by atoms with Crippen molar-refractivity contribution in [2.24, 2.45) is 0 Å². The Morgan fingerprint density at radius 1 is 1.12 bits per heavy atom. The number of thiophene rings is 1. The number of rotatable bonds is 9. The lowest BCUT2D eigenvalue weighted by atomic mass is 10.2. The molecule has 4 rings (SSSR count). The minimum Gasteiger partial charge on any atom is -0.489 e. The number of fused-ring (bicyclic) bond motifs is 1. The molecule has 4 N–H and O–H groups in total. The van der Waals surface area contributed by atoms with Gasteiger partial charge in [0.05, 0.1) is 17.5 Å².